The third-order valence-electron chi connectivity index (χ3n) is 4.96. The first-order valence-electron chi connectivity index (χ1n) is 7.76. The Morgan fingerprint density at radius 3 is 2.86 bits per heavy atom. The van der Waals surface area contributed by atoms with Gasteiger partial charge >= 0.3 is 0 Å². The summed E-state index contributed by atoms with van der Waals surface area (Å²) in [4.78, 5) is 0. The van der Waals surface area contributed by atoms with Crippen LogP contribution in [0.3, 0.4) is 0 Å². The lowest BCUT2D eigenvalue weighted by Gasteiger charge is -2.21. The maximum absolute atomic E-state index is 6.13. The molecule has 0 bridgehead atoms. The van der Waals surface area contributed by atoms with E-state index in [9.17, 15) is 0 Å². The predicted octanol–water partition coefficient (Wildman–Crippen LogP) is 3.23. The van der Waals surface area contributed by atoms with Crippen molar-refractivity contribution in [2.24, 2.45) is 11.8 Å². The molecule has 0 saturated heterocycles. The van der Waals surface area contributed by atoms with Crippen LogP contribution in [0.2, 0.25) is 0 Å². The van der Waals surface area contributed by atoms with Gasteiger partial charge in [-0.25, -0.2) is 4.68 Å². The normalized spacial score (nSPS) is 25.4. The van der Waals surface area contributed by atoms with Crippen LogP contribution in [0.4, 0.5) is 5.69 Å². The number of aryl methyl sites for hydroxylation is 1. The van der Waals surface area contributed by atoms with E-state index in [1.807, 2.05) is 16.8 Å². The fraction of sp³-hybridized carbons (Fsp3) is 0.562. The minimum atomic E-state index is 0.375. The molecule has 3 rings (SSSR count). The van der Waals surface area contributed by atoms with Crippen molar-refractivity contribution in [3.05, 3.63) is 23.8 Å². The number of tetrazole rings is 1. The topological polar surface area (TPSA) is 69.6 Å². The molecule has 1 heterocycles. The van der Waals surface area contributed by atoms with Crippen LogP contribution in [-0.2, 0) is 0 Å². The van der Waals surface area contributed by atoms with Crippen molar-refractivity contribution in [1.82, 2.24) is 20.2 Å². The first-order valence-corrected chi connectivity index (χ1v) is 7.76. The van der Waals surface area contributed by atoms with Gasteiger partial charge in [0.25, 0.3) is 0 Å². The van der Waals surface area contributed by atoms with Crippen molar-refractivity contribution in [1.29, 1.82) is 0 Å². The predicted molar refractivity (Wildman–Crippen MR) is 83.6 cm³/mol. The van der Waals surface area contributed by atoms with Crippen molar-refractivity contribution in [2.45, 2.75) is 46.1 Å². The SMILES string of the molecule is CCC1CCC(n2nnnc2-c2cc(C)ccc2N)C1C. The average Bonchev–Trinajstić information content (AvgIpc) is 3.07. The molecule has 0 amide bonds. The van der Waals surface area contributed by atoms with E-state index in [-0.39, 0.29) is 0 Å². The van der Waals surface area contributed by atoms with Crippen molar-refractivity contribution < 1.29 is 0 Å². The van der Waals surface area contributed by atoms with Crippen LogP contribution in [0.25, 0.3) is 11.4 Å². The van der Waals surface area contributed by atoms with E-state index in [0.717, 1.165) is 29.4 Å². The van der Waals surface area contributed by atoms with Crippen LogP contribution >= 0.6 is 0 Å². The zero-order chi connectivity index (χ0) is 15.0. The van der Waals surface area contributed by atoms with Crippen molar-refractivity contribution in [3.8, 4) is 11.4 Å². The monoisotopic (exact) mass is 285 g/mol. The summed E-state index contributed by atoms with van der Waals surface area (Å²) in [5, 5.41) is 12.4. The highest BCUT2D eigenvalue weighted by Gasteiger charge is 2.35. The average molecular weight is 285 g/mol. The lowest BCUT2D eigenvalue weighted by atomic mass is 9.93. The van der Waals surface area contributed by atoms with E-state index in [4.69, 9.17) is 5.73 Å². The van der Waals surface area contributed by atoms with Gasteiger partial charge in [0.05, 0.1) is 6.04 Å². The highest BCUT2D eigenvalue weighted by atomic mass is 15.6. The summed E-state index contributed by atoms with van der Waals surface area (Å²) in [5.41, 5.74) is 8.96. The molecule has 1 aromatic heterocycles. The molecule has 1 saturated carbocycles. The Kier molecular flexibility index (Phi) is 3.66. The van der Waals surface area contributed by atoms with E-state index in [2.05, 4.69) is 42.4 Å². The fourth-order valence-corrected chi connectivity index (χ4v) is 3.60. The van der Waals surface area contributed by atoms with E-state index in [1.54, 1.807) is 0 Å². The molecule has 0 aliphatic heterocycles. The van der Waals surface area contributed by atoms with E-state index in [0.29, 0.717) is 12.0 Å². The summed E-state index contributed by atoms with van der Waals surface area (Å²) < 4.78 is 1.99. The van der Waals surface area contributed by atoms with Gasteiger partial charge in [0, 0.05) is 11.3 Å². The van der Waals surface area contributed by atoms with Gasteiger partial charge in [0.15, 0.2) is 5.82 Å². The Morgan fingerprint density at radius 2 is 2.14 bits per heavy atom. The second kappa shape index (κ2) is 5.47. The van der Waals surface area contributed by atoms with E-state index >= 15 is 0 Å². The molecule has 1 aromatic carbocycles. The number of nitrogens with zero attached hydrogens (tertiary/aromatic N) is 4. The minimum absolute atomic E-state index is 0.375. The summed E-state index contributed by atoms with van der Waals surface area (Å²) in [7, 11) is 0. The van der Waals surface area contributed by atoms with Crippen LogP contribution in [0, 0.1) is 18.8 Å². The first kappa shape index (κ1) is 14.0. The molecule has 1 aliphatic rings. The second-order valence-electron chi connectivity index (χ2n) is 6.21. The maximum atomic E-state index is 6.13. The summed E-state index contributed by atoms with van der Waals surface area (Å²) in [6, 6.07) is 6.38. The quantitative estimate of drug-likeness (QED) is 0.879. The number of aromatic nitrogens is 4. The largest absolute Gasteiger partial charge is 0.398 e. The summed E-state index contributed by atoms with van der Waals surface area (Å²) in [6.45, 7) is 6.64. The molecular formula is C16H23N5. The molecule has 5 nitrogen and oxygen atoms in total. The highest BCUT2D eigenvalue weighted by molar-refractivity contribution is 5.72. The Bertz CT molecular complexity index is 633. The van der Waals surface area contributed by atoms with Crippen LogP contribution in [0.1, 0.15) is 44.7 Å². The number of hydrogen-bond acceptors (Lipinski definition) is 4. The van der Waals surface area contributed by atoms with Gasteiger partial charge in [-0.15, -0.1) is 5.10 Å². The number of nitrogen functional groups attached to an aromatic ring is 1. The van der Waals surface area contributed by atoms with Gasteiger partial charge in [-0.05, 0) is 54.2 Å². The zero-order valence-corrected chi connectivity index (χ0v) is 13.0. The van der Waals surface area contributed by atoms with Gasteiger partial charge in [-0.1, -0.05) is 31.9 Å². The van der Waals surface area contributed by atoms with Crippen molar-refractivity contribution in [3.63, 3.8) is 0 Å². The van der Waals surface area contributed by atoms with Gasteiger partial charge in [-0.3, -0.25) is 0 Å². The van der Waals surface area contributed by atoms with Crippen molar-refractivity contribution >= 4 is 5.69 Å². The molecule has 21 heavy (non-hydrogen) atoms. The van der Waals surface area contributed by atoms with Gasteiger partial charge in [0.2, 0.25) is 0 Å². The lowest BCUT2D eigenvalue weighted by molar-refractivity contribution is 0.310. The molecule has 3 atom stereocenters. The second-order valence-corrected chi connectivity index (χ2v) is 6.21. The Labute approximate surface area is 125 Å². The van der Waals surface area contributed by atoms with E-state index < -0.39 is 0 Å². The summed E-state index contributed by atoms with van der Waals surface area (Å²) >= 11 is 0. The molecular weight excluding hydrogens is 262 g/mol. The Balaban J connectivity index is 2.00. The fourth-order valence-electron chi connectivity index (χ4n) is 3.60. The Hall–Kier alpha value is -1.91. The van der Waals surface area contributed by atoms with Gasteiger partial charge in [0.1, 0.15) is 0 Å². The number of hydrogen-bond donors (Lipinski definition) is 1. The maximum Gasteiger partial charge on any atom is 0.184 e. The van der Waals surface area contributed by atoms with Gasteiger partial charge in [-0.2, -0.15) is 0 Å². The van der Waals surface area contributed by atoms with Crippen LogP contribution in [0.15, 0.2) is 18.2 Å². The molecule has 3 unspecified atom stereocenters. The molecule has 2 N–H and O–H groups in total. The zero-order valence-electron chi connectivity index (χ0n) is 13.0. The van der Waals surface area contributed by atoms with Crippen LogP contribution in [0.5, 0.6) is 0 Å². The van der Waals surface area contributed by atoms with Crippen molar-refractivity contribution in [2.75, 3.05) is 5.73 Å². The molecule has 112 valence electrons. The standard InChI is InChI=1S/C16H23N5/c1-4-12-6-8-15(11(12)3)21-16(18-19-20-21)13-9-10(2)5-7-14(13)17/h5,7,9,11-12,15H,4,6,8,17H2,1-3H3. The molecule has 0 radical (unpaired) electrons. The number of nitrogens with two attached hydrogens (primary N) is 1. The highest BCUT2D eigenvalue weighted by Crippen LogP contribution is 2.42. The van der Waals surface area contributed by atoms with E-state index in [1.165, 1.54) is 18.4 Å². The first-order chi connectivity index (χ1) is 10.1. The number of rotatable bonds is 3. The third-order valence-corrected chi connectivity index (χ3v) is 4.96. The number of anilines is 1. The van der Waals surface area contributed by atoms with Crippen LogP contribution < -0.4 is 5.73 Å². The smallest absolute Gasteiger partial charge is 0.184 e. The molecule has 5 heteroatoms. The van der Waals surface area contributed by atoms with Crippen LogP contribution in [-0.4, -0.2) is 20.2 Å². The minimum Gasteiger partial charge on any atom is -0.398 e. The molecule has 1 fully saturated rings. The molecule has 0 spiro atoms. The summed E-state index contributed by atoms with van der Waals surface area (Å²) in [5.74, 6) is 2.16. The summed E-state index contributed by atoms with van der Waals surface area (Å²) in [6.07, 6.45) is 3.62. The van der Waals surface area contributed by atoms with Gasteiger partial charge < -0.3 is 5.73 Å². The third kappa shape index (κ3) is 2.41. The molecule has 2 aromatic rings. The molecule has 1 aliphatic carbocycles. The lowest BCUT2D eigenvalue weighted by Crippen LogP contribution is -2.18. The Morgan fingerprint density at radius 1 is 1.33 bits per heavy atom. The number of benzene rings is 1.